The molecule has 8 nitrogen and oxygen atoms in total. The minimum Gasteiger partial charge on any atom is -0.480 e. The van der Waals surface area contributed by atoms with Gasteiger partial charge in [-0.2, -0.15) is 0 Å². The summed E-state index contributed by atoms with van der Waals surface area (Å²) in [6.07, 6.45) is 4.16. The van der Waals surface area contributed by atoms with E-state index in [1.807, 2.05) is 47.4 Å². The Morgan fingerprint density at radius 2 is 1.15 bits per heavy atom. The van der Waals surface area contributed by atoms with E-state index in [-0.39, 0.29) is 24.6 Å². The van der Waals surface area contributed by atoms with Crippen LogP contribution in [0.25, 0.3) is 0 Å². The molecule has 0 saturated carbocycles. The fraction of sp³-hybridized carbons (Fsp3) is 0.290. The number of carboxylic acids is 1. The second-order valence-corrected chi connectivity index (χ2v) is 9.79. The summed E-state index contributed by atoms with van der Waals surface area (Å²) >= 11 is 0. The van der Waals surface area contributed by atoms with E-state index in [2.05, 4.69) is 68.9 Å². The highest BCUT2D eigenvalue weighted by Gasteiger charge is 2.31. The minimum atomic E-state index is -0.777. The normalized spacial score (nSPS) is 18.8. The maximum absolute atomic E-state index is 11.6. The predicted molar refractivity (Wildman–Crippen MR) is 148 cm³/mol. The van der Waals surface area contributed by atoms with Crippen LogP contribution in [0.3, 0.4) is 0 Å². The third-order valence-corrected chi connectivity index (χ3v) is 7.40. The van der Waals surface area contributed by atoms with Gasteiger partial charge in [0.05, 0.1) is 32.3 Å². The molecule has 1 N–H and O–H groups in total. The molecular formula is C31H34N4O4. The predicted octanol–water partition coefficient (Wildman–Crippen LogP) is 4.04. The van der Waals surface area contributed by atoms with Crippen molar-refractivity contribution in [2.45, 2.75) is 25.2 Å². The molecule has 2 atom stereocenters. The third kappa shape index (κ3) is 5.97. The first-order chi connectivity index (χ1) is 19.0. The number of hydrogen-bond donors (Lipinski definition) is 1. The standard InChI is InChI=1S/C16H18N2O2.C15H16N2O2/c1-20-15(19)12-18-11-10-17-9-5-8-14(17)16(18)13-6-3-2-4-7-13;18-14(19)11-17-10-9-16-8-4-7-13(16)15(17)12-5-2-1-3-6-12/h2-9,16H,10-12H2,1H3;1-8,15H,9-11H2,(H,18,19). The molecule has 0 bridgehead atoms. The molecule has 0 aliphatic carbocycles. The molecule has 2 aromatic heterocycles. The van der Waals surface area contributed by atoms with E-state index in [9.17, 15) is 9.59 Å². The second-order valence-electron chi connectivity index (χ2n) is 9.79. The van der Waals surface area contributed by atoms with E-state index in [1.165, 1.54) is 24.1 Å². The molecule has 2 aliphatic rings. The zero-order valence-electron chi connectivity index (χ0n) is 22.1. The van der Waals surface area contributed by atoms with Crippen LogP contribution in [0.4, 0.5) is 0 Å². The quantitative estimate of drug-likeness (QED) is 0.382. The lowest BCUT2D eigenvalue weighted by Crippen LogP contribution is -2.41. The monoisotopic (exact) mass is 526 g/mol. The van der Waals surface area contributed by atoms with Gasteiger partial charge in [-0.1, -0.05) is 60.7 Å². The van der Waals surface area contributed by atoms with Crippen molar-refractivity contribution in [3.63, 3.8) is 0 Å². The molecule has 8 heteroatoms. The third-order valence-electron chi connectivity index (χ3n) is 7.40. The number of rotatable bonds is 6. The number of fused-ring (bicyclic) bond motifs is 2. The van der Waals surface area contributed by atoms with E-state index in [4.69, 9.17) is 9.84 Å². The zero-order chi connectivity index (χ0) is 27.2. The molecule has 2 unspecified atom stereocenters. The molecule has 2 aromatic carbocycles. The second kappa shape index (κ2) is 12.1. The number of esters is 1. The molecule has 0 saturated heterocycles. The Hall–Kier alpha value is -4.14. The van der Waals surface area contributed by atoms with Crippen molar-refractivity contribution in [1.82, 2.24) is 18.9 Å². The summed E-state index contributed by atoms with van der Waals surface area (Å²) < 4.78 is 9.28. The SMILES string of the molecule is COC(=O)CN1CCn2cccc2C1c1ccccc1.O=C(O)CN1CCn2cccc2C1c1ccccc1. The highest BCUT2D eigenvalue weighted by atomic mass is 16.5. The molecule has 6 rings (SSSR count). The van der Waals surface area contributed by atoms with Crippen LogP contribution in [-0.2, 0) is 27.4 Å². The van der Waals surface area contributed by atoms with Crippen molar-refractivity contribution in [3.8, 4) is 0 Å². The number of carbonyl (C=O) groups excluding carboxylic acids is 1. The summed E-state index contributed by atoms with van der Waals surface area (Å²) in [5.74, 6) is -0.966. The summed E-state index contributed by atoms with van der Waals surface area (Å²) in [5.41, 5.74) is 4.74. The summed E-state index contributed by atoms with van der Waals surface area (Å²) in [6.45, 7) is 3.75. The van der Waals surface area contributed by atoms with Crippen molar-refractivity contribution < 1.29 is 19.4 Å². The Morgan fingerprint density at radius 3 is 1.59 bits per heavy atom. The Bertz CT molecular complexity index is 1380. The first kappa shape index (κ1) is 26.5. The molecule has 0 fully saturated rings. The minimum absolute atomic E-state index is 0.0287. The topological polar surface area (TPSA) is 79.9 Å². The first-order valence-corrected chi connectivity index (χ1v) is 13.2. The van der Waals surface area contributed by atoms with Crippen LogP contribution >= 0.6 is 0 Å². The van der Waals surface area contributed by atoms with Gasteiger partial charge in [0, 0.05) is 50.0 Å². The summed E-state index contributed by atoms with van der Waals surface area (Å²) in [6, 6.07) is 28.8. The zero-order valence-corrected chi connectivity index (χ0v) is 22.1. The Labute approximate surface area is 228 Å². The van der Waals surface area contributed by atoms with Crippen molar-refractivity contribution in [3.05, 3.63) is 120 Å². The van der Waals surface area contributed by atoms with Gasteiger partial charge in [-0.3, -0.25) is 19.4 Å². The van der Waals surface area contributed by atoms with Crippen LogP contribution in [0.5, 0.6) is 0 Å². The van der Waals surface area contributed by atoms with Gasteiger partial charge >= 0.3 is 11.9 Å². The van der Waals surface area contributed by atoms with Crippen molar-refractivity contribution in [1.29, 1.82) is 0 Å². The van der Waals surface area contributed by atoms with Gasteiger partial charge in [-0.15, -0.1) is 0 Å². The average molecular weight is 527 g/mol. The number of benzene rings is 2. The van der Waals surface area contributed by atoms with Gasteiger partial charge in [-0.05, 0) is 35.4 Å². The molecule has 4 aromatic rings. The number of aromatic nitrogens is 2. The lowest BCUT2D eigenvalue weighted by Gasteiger charge is -2.36. The van der Waals surface area contributed by atoms with Crippen LogP contribution < -0.4 is 0 Å². The highest BCUT2D eigenvalue weighted by Crippen LogP contribution is 2.33. The molecule has 39 heavy (non-hydrogen) atoms. The molecule has 0 amide bonds. The van der Waals surface area contributed by atoms with Crippen LogP contribution in [0.15, 0.2) is 97.3 Å². The van der Waals surface area contributed by atoms with Crippen molar-refractivity contribution in [2.75, 3.05) is 33.3 Å². The van der Waals surface area contributed by atoms with Gasteiger partial charge in [0.2, 0.25) is 0 Å². The van der Waals surface area contributed by atoms with Gasteiger partial charge < -0.3 is 19.0 Å². The van der Waals surface area contributed by atoms with E-state index >= 15 is 0 Å². The largest absolute Gasteiger partial charge is 0.480 e. The number of carboxylic acid groups (broad SMARTS) is 1. The number of methoxy groups -OCH3 is 1. The highest BCUT2D eigenvalue weighted by molar-refractivity contribution is 5.71. The molecule has 4 heterocycles. The van der Waals surface area contributed by atoms with E-state index in [0.29, 0.717) is 6.54 Å². The van der Waals surface area contributed by atoms with Gasteiger partial charge in [0.15, 0.2) is 0 Å². The molecule has 0 spiro atoms. The van der Waals surface area contributed by atoms with Crippen LogP contribution in [0.2, 0.25) is 0 Å². The van der Waals surface area contributed by atoms with Gasteiger partial charge in [0.1, 0.15) is 0 Å². The smallest absolute Gasteiger partial charge is 0.319 e. The Kier molecular flexibility index (Phi) is 8.24. The first-order valence-electron chi connectivity index (χ1n) is 13.2. The van der Waals surface area contributed by atoms with Crippen LogP contribution in [-0.4, -0.2) is 69.3 Å². The number of aliphatic carboxylic acids is 1. The van der Waals surface area contributed by atoms with E-state index < -0.39 is 5.97 Å². The summed E-state index contributed by atoms with van der Waals surface area (Å²) in [7, 11) is 1.44. The van der Waals surface area contributed by atoms with E-state index in [1.54, 1.807) is 0 Å². The fourth-order valence-corrected chi connectivity index (χ4v) is 5.64. The fourth-order valence-electron chi connectivity index (χ4n) is 5.64. The Morgan fingerprint density at radius 1 is 0.692 bits per heavy atom. The number of hydrogen-bond acceptors (Lipinski definition) is 5. The van der Waals surface area contributed by atoms with Gasteiger partial charge in [0.25, 0.3) is 0 Å². The van der Waals surface area contributed by atoms with Crippen LogP contribution in [0.1, 0.15) is 34.6 Å². The number of carbonyl (C=O) groups is 2. The molecule has 2 aliphatic heterocycles. The molecule has 202 valence electrons. The van der Waals surface area contributed by atoms with Crippen molar-refractivity contribution in [2.24, 2.45) is 0 Å². The van der Waals surface area contributed by atoms with Gasteiger partial charge in [-0.25, -0.2) is 0 Å². The summed E-state index contributed by atoms with van der Waals surface area (Å²) in [4.78, 5) is 26.9. The van der Waals surface area contributed by atoms with E-state index in [0.717, 1.165) is 31.7 Å². The molecule has 0 radical (unpaired) electrons. The maximum atomic E-state index is 11.6. The Balaban J connectivity index is 0.000000158. The lowest BCUT2D eigenvalue weighted by molar-refractivity contribution is -0.142. The number of nitrogens with zero attached hydrogens (tertiary/aromatic N) is 4. The number of ether oxygens (including phenoxy) is 1. The summed E-state index contributed by atoms with van der Waals surface area (Å²) in [5, 5.41) is 9.08. The average Bonchev–Trinajstić information content (AvgIpc) is 3.63. The lowest BCUT2D eigenvalue weighted by atomic mass is 10.00. The molecular weight excluding hydrogens is 492 g/mol. The maximum Gasteiger partial charge on any atom is 0.319 e. The van der Waals surface area contributed by atoms with Crippen LogP contribution in [0, 0.1) is 0 Å². The van der Waals surface area contributed by atoms with Crippen molar-refractivity contribution >= 4 is 11.9 Å².